The van der Waals surface area contributed by atoms with Crippen molar-refractivity contribution in [3.8, 4) is 5.75 Å². The maximum absolute atomic E-state index is 12.8. The molecule has 1 aromatic carbocycles. The van der Waals surface area contributed by atoms with E-state index >= 15 is 0 Å². The summed E-state index contributed by atoms with van der Waals surface area (Å²) < 4.78 is 18.3. The van der Waals surface area contributed by atoms with Crippen LogP contribution in [0.25, 0.3) is 0 Å². The molecule has 1 saturated heterocycles. The number of carbonyl (C=O) groups excluding carboxylic acids is 1. The maximum Gasteiger partial charge on any atom is 0.345 e. The lowest BCUT2D eigenvalue weighted by Crippen LogP contribution is -2.42. The smallest absolute Gasteiger partial charge is 0.345 e. The molecule has 6 nitrogen and oxygen atoms in total. The number of likely N-dealkylation sites (tertiary alicyclic amines) is 1. The molecule has 126 valence electrons. The Morgan fingerprint density at radius 2 is 2.12 bits per heavy atom. The number of hydrogen-bond donors (Lipinski definition) is 1. The minimum absolute atomic E-state index is 0.0872. The molecule has 24 heavy (non-hydrogen) atoms. The summed E-state index contributed by atoms with van der Waals surface area (Å²) in [6.45, 7) is 1.11. The van der Waals surface area contributed by atoms with Crippen molar-refractivity contribution < 1.29 is 13.9 Å². The highest BCUT2D eigenvalue weighted by Crippen LogP contribution is 2.24. The first-order valence-corrected chi connectivity index (χ1v) is 7.83. The van der Waals surface area contributed by atoms with Gasteiger partial charge in [0.2, 0.25) is 0 Å². The number of piperidine rings is 1. The molecule has 2 heterocycles. The van der Waals surface area contributed by atoms with Crippen LogP contribution < -0.4 is 10.4 Å². The van der Waals surface area contributed by atoms with Crippen molar-refractivity contribution >= 4 is 5.91 Å². The second-order valence-corrected chi connectivity index (χ2v) is 5.75. The highest BCUT2D eigenvalue weighted by Gasteiger charge is 2.25. The molecule has 0 bridgehead atoms. The van der Waals surface area contributed by atoms with E-state index in [-0.39, 0.29) is 29.9 Å². The van der Waals surface area contributed by atoms with Crippen LogP contribution in [0.5, 0.6) is 5.75 Å². The number of aromatic nitrogens is 2. The number of carbonyl (C=O) groups is 1. The summed E-state index contributed by atoms with van der Waals surface area (Å²) in [4.78, 5) is 31.7. The number of nitrogens with zero attached hydrogens (tertiary/aromatic N) is 2. The average Bonchev–Trinajstić information content (AvgIpc) is 2.61. The predicted molar refractivity (Wildman–Crippen MR) is 85.3 cm³/mol. The van der Waals surface area contributed by atoms with Gasteiger partial charge in [-0.25, -0.2) is 14.2 Å². The SMILES string of the molecule is O=C(COc1ccc(F)cc1)N1CCC[C@H](c2ccnc(=O)[nH]2)C1. The molecule has 1 aliphatic rings. The molecule has 7 heteroatoms. The van der Waals surface area contributed by atoms with Gasteiger partial charge in [0, 0.05) is 30.9 Å². The Hall–Kier alpha value is -2.70. The van der Waals surface area contributed by atoms with Gasteiger partial charge in [-0.05, 0) is 43.2 Å². The van der Waals surface area contributed by atoms with Gasteiger partial charge in [-0.2, -0.15) is 0 Å². The fourth-order valence-corrected chi connectivity index (χ4v) is 2.85. The molecule has 0 unspecified atom stereocenters. The van der Waals surface area contributed by atoms with Crippen LogP contribution in [-0.4, -0.2) is 40.5 Å². The molecular weight excluding hydrogens is 313 g/mol. The lowest BCUT2D eigenvalue weighted by atomic mass is 9.94. The number of nitrogens with one attached hydrogen (secondary N) is 1. The largest absolute Gasteiger partial charge is 0.484 e. The van der Waals surface area contributed by atoms with Crippen molar-refractivity contribution in [2.75, 3.05) is 19.7 Å². The summed E-state index contributed by atoms with van der Waals surface area (Å²) in [6.07, 6.45) is 3.24. The van der Waals surface area contributed by atoms with E-state index in [2.05, 4.69) is 9.97 Å². The number of H-pyrrole nitrogens is 1. The average molecular weight is 331 g/mol. The molecule has 0 spiro atoms. The third-order valence-electron chi connectivity index (χ3n) is 4.09. The quantitative estimate of drug-likeness (QED) is 0.925. The number of aromatic amines is 1. The van der Waals surface area contributed by atoms with Gasteiger partial charge in [-0.1, -0.05) is 0 Å². The molecule has 1 aliphatic heterocycles. The van der Waals surface area contributed by atoms with E-state index < -0.39 is 0 Å². The van der Waals surface area contributed by atoms with Crippen molar-refractivity contribution in [1.82, 2.24) is 14.9 Å². The van der Waals surface area contributed by atoms with Crippen LogP contribution in [0.4, 0.5) is 4.39 Å². The summed E-state index contributed by atoms with van der Waals surface area (Å²) in [7, 11) is 0. The molecule has 1 N–H and O–H groups in total. The van der Waals surface area contributed by atoms with Crippen LogP contribution in [0.15, 0.2) is 41.3 Å². The predicted octanol–water partition coefficient (Wildman–Crippen LogP) is 1.69. The monoisotopic (exact) mass is 331 g/mol. The van der Waals surface area contributed by atoms with Gasteiger partial charge in [0.15, 0.2) is 6.61 Å². The molecule has 1 fully saturated rings. The molecule has 1 atom stereocenters. The summed E-state index contributed by atoms with van der Waals surface area (Å²) >= 11 is 0. The van der Waals surface area contributed by atoms with Gasteiger partial charge in [-0.15, -0.1) is 0 Å². The molecule has 0 aliphatic carbocycles. The first kappa shape index (κ1) is 16.2. The highest BCUT2D eigenvalue weighted by molar-refractivity contribution is 5.78. The second kappa shape index (κ2) is 7.25. The van der Waals surface area contributed by atoms with Crippen LogP contribution in [0.1, 0.15) is 24.5 Å². The van der Waals surface area contributed by atoms with E-state index in [9.17, 15) is 14.0 Å². The van der Waals surface area contributed by atoms with Crippen LogP contribution in [0.3, 0.4) is 0 Å². The van der Waals surface area contributed by atoms with Crippen molar-refractivity contribution in [1.29, 1.82) is 0 Å². The molecule has 0 radical (unpaired) electrons. The van der Waals surface area contributed by atoms with E-state index in [0.29, 0.717) is 18.8 Å². The molecular formula is C17H18FN3O3. The third kappa shape index (κ3) is 3.98. The van der Waals surface area contributed by atoms with Crippen LogP contribution >= 0.6 is 0 Å². The van der Waals surface area contributed by atoms with Crippen LogP contribution in [0, 0.1) is 5.82 Å². The van der Waals surface area contributed by atoms with Gasteiger partial charge >= 0.3 is 5.69 Å². The first-order valence-electron chi connectivity index (χ1n) is 7.83. The Bertz CT molecular complexity index is 760. The number of halogens is 1. The number of amides is 1. The molecule has 0 saturated carbocycles. The Balaban J connectivity index is 1.58. The topological polar surface area (TPSA) is 75.3 Å². The Morgan fingerprint density at radius 3 is 2.88 bits per heavy atom. The van der Waals surface area contributed by atoms with Crippen LogP contribution in [0.2, 0.25) is 0 Å². The molecule has 1 aromatic heterocycles. The zero-order valence-corrected chi connectivity index (χ0v) is 13.1. The zero-order chi connectivity index (χ0) is 16.9. The fourth-order valence-electron chi connectivity index (χ4n) is 2.85. The lowest BCUT2D eigenvalue weighted by molar-refractivity contribution is -0.134. The number of hydrogen-bond acceptors (Lipinski definition) is 4. The molecule has 1 amide bonds. The maximum atomic E-state index is 12.8. The first-order chi connectivity index (χ1) is 11.6. The number of benzene rings is 1. The molecule has 3 rings (SSSR count). The number of ether oxygens (including phenoxy) is 1. The summed E-state index contributed by atoms with van der Waals surface area (Å²) in [5, 5.41) is 0. The third-order valence-corrected chi connectivity index (χ3v) is 4.09. The lowest BCUT2D eigenvalue weighted by Gasteiger charge is -2.32. The van der Waals surface area contributed by atoms with Crippen molar-refractivity contribution in [3.63, 3.8) is 0 Å². The second-order valence-electron chi connectivity index (χ2n) is 5.75. The van der Waals surface area contributed by atoms with Crippen molar-refractivity contribution in [2.24, 2.45) is 0 Å². The Labute approximate surface area is 138 Å². The minimum Gasteiger partial charge on any atom is -0.484 e. The fraction of sp³-hybridized carbons (Fsp3) is 0.353. The van der Waals surface area contributed by atoms with E-state index in [1.54, 1.807) is 11.0 Å². The minimum atomic E-state index is -0.379. The van der Waals surface area contributed by atoms with Crippen molar-refractivity contribution in [3.05, 3.63) is 58.5 Å². The zero-order valence-electron chi connectivity index (χ0n) is 13.1. The Kier molecular flexibility index (Phi) is 4.88. The van der Waals surface area contributed by atoms with Gasteiger partial charge in [0.05, 0.1) is 0 Å². The van der Waals surface area contributed by atoms with Gasteiger partial charge in [-0.3, -0.25) is 4.79 Å². The summed E-state index contributed by atoms with van der Waals surface area (Å²) in [6, 6.07) is 7.33. The van der Waals surface area contributed by atoms with Gasteiger partial charge < -0.3 is 14.6 Å². The molecule has 2 aromatic rings. The standard InChI is InChI=1S/C17H18FN3O3/c18-13-3-5-14(6-4-13)24-11-16(22)21-9-1-2-12(10-21)15-7-8-19-17(23)20-15/h3-8,12H,1-2,9-11H2,(H,19,20,23)/t12-/m0/s1. The van der Waals surface area contributed by atoms with E-state index in [4.69, 9.17) is 4.74 Å². The Morgan fingerprint density at radius 1 is 1.33 bits per heavy atom. The van der Waals surface area contributed by atoms with E-state index in [1.807, 2.05) is 0 Å². The summed E-state index contributed by atoms with van der Waals surface area (Å²) in [5.41, 5.74) is 0.419. The normalized spacial score (nSPS) is 17.5. The van der Waals surface area contributed by atoms with Gasteiger partial charge in [0.1, 0.15) is 11.6 Å². The number of rotatable bonds is 4. The summed E-state index contributed by atoms with van der Waals surface area (Å²) in [5.74, 6) is 0.0697. The van der Waals surface area contributed by atoms with E-state index in [1.165, 1.54) is 30.5 Å². The van der Waals surface area contributed by atoms with Gasteiger partial charge in [0.25, 0.3) is 5.91 Å². The van der Waals surface area contributed by atoms with Crippen LogP contribution in [-0.2, 0) is 4.79 Å². The highest BCUT2D eigenvalue weighted by atomic mass is 19.1. The van der Waals surface area contributed by atoms with E-state index in [0.717, 1.165) is 18.5 Å². The van der Waals surface area contributed by atoms with Crippen molar-refractivity contribution in [2.45, 2.75) is 18.8 Å².